The van der Waals surface area contributed by atoms with Gasteiger partial charge in [0.2, 0.25) is 0 Å². The van der Waals surface area contributed by atoms with Crippen LogP contribution in [0.1, 0.15) is 11.1 Å². The third-order valence-electron chi connectivity index (χ3n) is 8.36. The van der Waals surface area contributed by atoms with Gasteiger partial charge in [0.25, 0.3) is 0 Å². The van der Waals surface area contributed by atoms with E-state index in [1.165, 1.54) is 16.5 Å². The standard InChI is InChI=1S/C38H28O3/c1-22-33(38(41)37(40)23(2)36(22)39)35-30-18-10-8-16-28(30)34(29-17-9-11-19-31(29)35)32-21-20-25(24-12-4-3-5-13-24)26-14-6-7-15-27(26)32/h3-21,39-41H,1-2H3. The molecule has 3 heteroatoms. The Labute approximate surface area is 238 Å². The average molecular weight is 533 g/mol. The number of hydrogen-bond donors (Lipinski definition) is 3. The molecule has 0 aliphatic heterocycles. The van der Waals surface area contributed by atoms with Crippen molar-refractivity contribution in [2.24, 2.45) is 0 Å². The largest absolute Gasteiger partial charge is 0.507 e. The number of fused-ring (bicyclic) bond motifs is 3. The molecule has 41 heavy (non-hydrogen) atoms. The van der Waals surface area contributed by atoms with E-state index < -0.39 is 0 Å². The first-order valence-corrected chi connectivity index (χ1v) is 13.7. The zero-order valence-corrected chi connectivity index (χ0v) is 22.8. The summed E-state index contributed by atoms with van der Waals surface area (Å²) in [4.78, 5) is 0. The molecule has 0 aliphatic carbocycles. The van der Waals surface area contributed by atoms with Gasteiger partial charge in [-0.2, -0.15) is 0 Å². The summed E-state index contributed by atoms with van der Waals surface area (Å²) in [6, 6.07) is 39.7. The Morgan fingerprint density at radius 3 is 1.34 bits per heavy atom. The second-order valence-corrected chi connectivity index (χ2v) is 10.6. The number of phenols is 3. The average Bonchev–Trinajstić information content (AvgIpc) is 3.02. The molecule has 198 valence electrons. The molecular formula is C38H28O3. The van der Waals surface area contributed by atoms with Crippen molar-refractivity contribution in [3.63, 3.8) is 0 Å². The first-order chi connectivity index (χ1) is 20.0. The van der Waals surface area contributed by atoms with Crippen molar-refractivity contribution < 1.29 is 15.3 Å². The number of benzene rings is 7. The molecule has 0 atom stereocenters. The van der Waals surface area contributed by atoms with Gasteiger partial charge in [0.15, 0.2) is 11.5 Å². The van der Waals surface area contributed by atoms with Crippen LogP contribution in [0.25, 0.3) is 65.7 Å². The molecule has 0 bridgehead atoms. The highest BCUT2D eigenvalue weighted by atomic mass is 16.3. The van der Waals surface area contributed by atoms with Gasteiger partial charge in [-0.3, -0.25) is 0 Å². The van der Waals surface area contributed by atoms with E-state index in [2.05, 4.69) is 72.8 Å². The second kappa shape index (κ2) is 9.42. The molecular weight excluding hydrogens is 504 g/mol. The number of hydrogen-bond acceptors (Lipinski definition) is 3. The van der Waals surface area contributed by atoms with Gasteiger partial charge in [-0.15, -0.1) is 0 Å². The minimum absolute atomic E-state index is 0.0185. The van der Waals surface area contributed by atoms with Crippen molar-refractivity contribution in [2.75, 3.05) is 0 Å². The molecule has 0 fully saturated rings. The molecule has 3 nitrogen and oxygen atoms in total. The normalized spacial score (nSPS) is 11.5. The first kappa shape index (κ1) is 24.7. The fourth-order valence-electron chi connectivity index (χ4n) is 6.37. The molecule has 7 rings (SSSR count). The van der Waals surface area contributed by atoms with Gasteiger partial charge in [-0.25, -0.2) is 0 Å². The van der Waals surface area contributed by atoms with Gasteiger partial charge >= 0.3 is 0 Å². The van der Waals surface area contributed by atoms with E-state index in [4.69, 9.17) is 0 Å². The van der Waals surface area contributed by atoms with Gasteiger partial charge < -0.3 is 15.3 Å². The predicted molar refractivity (Wildman–Crippen MR) is 170 cm³/mol. The van der Waals surface area contributed by atoms with Gasteiger partial charge in [0.1, 0.15) is 5.75 Å². The SMILES string of the molecule is Cc1c(O)c(C)c(-c2c3ccccc3c(-c3ccc(-c4ccccc4)c4ccccc34)c3ccccc23)c(O)c1O. The summed E-state index contributed by atoms with van der Waals surface area (Å²) in [5, 5.41) is 39.2. The maximum absolute atomic E-state index is 11.3. The molecule has 0 amide bonds. The van der Waals surface area contributed by atoms with Crippen LogP contribution in [-0.2, 0) is 0 Å². The zero-order chi connectivity index (χ0) is 28.2. The van der Waals surface area contributed by atoms with E-state index in [-0.39, 0.29) is 22.8 Å². The molecule has 0 unspecified atom stereocenters. The van der Waals surface area contributed by atoms with E-state index >= 15 is 0 Å². The van der Waals surface area contributed by atoms with Crippen LogP contribution >= 0.6 is 0 Å². The molecule has 7 aromatic rings. The third-order valence-corrected chi connectivity index (χ3v) is 8.36. The van der Waals surface area contributed by atoms with Crippen LogP contribution < -0.4 is 0 Å². The summed E-state index contributed by atoms with van der Waals surface area (Å²) in [5.74, 6) is -0.545. The van der Waals surface area contributed by atoms with Gasteiger partial charge in [-0.05, 0) is 68.4 Å². The van der Waals surface area contributed by atoms with E-state index in [9.17, 15) is 15.3 Å². The fraction of sp³-hybridized carbons (Fsp3) is 0.0526. The molecule has 7 aromatic carbocycles. The highest BCUT2D eigenvalue weighted by molar-refractivity contribution is 6.24. The highest BCUT2D eigenvalue weighted by Crippen LogP contribution is 2.52. The maximum atomic E-state index is 11.3. The quantitative estimate of drug-likeness (QED) is 0.121. The van der Waals surface area contributed by atoms with E-state index in [0.29, 0.717) is 11.1 Å². The van der Waals surface area contributed by atoms with Crippen LogP contribution in [-0.4, -0.2) is 15.3 Å². The summed E-state index contributed by atoms with van der Waals surface area (Å²) in [6.45, 7) is 3.38. The van der Waals surface area contributed by atoms with E-state index in [1.54, 1.807) is 13.8 Å². The molecule has 0 spiro atoms. The van der Waals surface area contributed by atoms with Crippen molar-refractivity contribution in [1.29, 1.82) is 0 Å². The summed E-state index contributed by atoms with van der Waals surface area (Å²) in [5.41, 5.74) is 6.59. The number of phenolic OH excluding ortho intramolecular Hbond substituents is 3. The second-order valence-electron chi connectivity index (χ2n) is 10.6. The van der Waals surface area contributed by atoms with Crippen LogP contribution in [0.15, 0.2) is 115 Å². The van der Waals surface area contributed by atoms with Gasteiger partial charge in [-0.1, -0.05) is 115 Å². The van der Waals surface area contributed by atoms with Crippen molar-refractivity contribution in [3.05, 3.63) is 126 Å². The Morgan fingerprint density at radius 1 is 0.341 bits per heavy atom. The molecule has 3 N–H and O–H groups in total. The Bertz CT molecular complexity index is 2060. The van der Waals surface area contributed by atoms with Crippen molar-refractivity contribution in [1.82, 2.24) is 0 Å². The smallest absolute Gasteiger partial charge is 0.166 e. The van der Waals surface area contributed by atoms with Crippen molar-refractivity contribution >= 4 is 32.3 Å². The molecule has 0 aliphatic rings. The minimum Gasteiger partial charge on any atom is -0.507 e. The lowest BCUT2D eigenvalue weighted by Gasteiger charge is -2.22. The summed E-state index contributed by atoms with van der Waals surface area (Å²) in [6.07, 6.45) is 0. The van der Waals surface area contributed by atoms with Gasteiger partial charge in [0.05, 0.1) is 0 Å². The lowest BCUT2D eigenvalue weighted by Crippen LogP contribution is -1.95. The monoisotopic (exact) mass is 532 g/mol. The fourth-order valence-corrected chi connectivity index (χ4v) is 6.37. The maximum Gasteiger partial charge on any atom is 0.166 e. The van der Waals surface area contributed by atoms with E-state index in [1.807, 2.05) is 42.5 Å². The molecule has 0 aromatic heterocycles. The number of aromatic hydroxyl groups is 3. The van der Waals surface area contributed by atoms with Crippen molar-refractivity contribution in [2.45, 2.75) is 13.8 Å². The Hall–Kier alpha value is -5.28. The zero-order valence-electron chi connectivity index (χ0n) is 22.8. The Morgan fingerprint density at radius 2 is 0.780 bits per heavy atom. The van der Waals surface area contributed by atoms with Crippen LogP contribution in [0.5, 0.6) is 17.2 Å². The van der Waals surface area contributed by atoms with Crippen LogP contribution in [0.2, 0.25) is 0 Å². The molecule has 0 saturated carbocycles. The molecule has 0 radical (unpaired) electrons. The van der Waals surface area contributed by atoms with Crippen LogP contribution in [0.3, 0.4) is 0 Å². The summed E-state index contributed by atoms with van der Waals surface area (Å²) < 4.78 is 0. The van der Waals surface area contributed by atoms with Crippen molar-refractivity contribution in [3.8, 4) is 50.6 Å². The first-order valence-electron chi connectivity index (χ1n) is 13.7. The Kier molecular flexibility index (Phi) is 5.69. The number of rotatable bonds is 3. The highest BCUT2D eigenvalue weighted by Gasteiger charge is 2.25. The molecule has 0 saturated heterocycles. The summed E-state index contributed by atoms with van der Waals surface area (Å²) in [7, 11) is 0. The van der Waals surface area contributed by atoms with Crippen LogP contribution in [0, 0.1) is 13.8 Å². The van der Waals surface area contributed by atoms with Crippen LogP contribution in [0.4, 0.5) is 0 Å². The summed E-state index contributed by atoms with van der Waals surface area (Å²) >= 11 is 0. The predicted octanol–water partition coefficient (Wildman–Crippen LogP) is 9.88. The minimum atomic E-state index is -0.303. The van der Waals surface area contributed by atoms with Gasteiger partial charge in [0, 0.05) is 22.3 Å². The topological polar surface area (TPSA) is 60.7 Å². The third kappa shape index (κ3) is 3.66. The van der Waals surface area contributed by atoms with E-state index in [0.717, 1.165) is 43.6 Å². The lowest BCUT2D eigenvalue weighted by molar-refractivity contribution is 0.392. The lowest BCUT2D eigenvalue weighted by atomic mass is 9.82. The molecule has 0 heterocycles. The Balaban J connectivity index is 1.64.